The van der Waals surface area contributed by atoms with Gasteiger partial charge in [-0.25, -0.2) is 4.98 Å². The van der Waals surface area contributed by atoms with E-state index >= 15 is 0 Å². The molecule has 0 atom stereocenters. The van der Waals surface area contributed by atoms with Crippen molar-refractivity contribution in [2.24, 2.45) is 0 Å². The summed E-state index contributed by atoms with van der Waals surface area (Å²) in [4.78, 5) is 25.9. The molecular weight excluding hydrogens is 364 g/mol. The van der Waals surface area contributed by atoms with E-state index in [0.29, 0.717) is 10.2 Å². The normalized spacial score (nSPS) is 10.2. The smallest absolute Gasteiger partial charge is 0.270 e. The predicted octanol–water partition coefficient (Wildman–Crippen LogP) is 3.24. The number of hydrogen-bond acceptors (Lipinski definition) is 5. The van der Waals surface area contributed by atoms with Gasteiger partial charge >= 0.3 is 0 Å². The van der Waals surface area contributed by atoms with Crippen molar-refractivity contribution >= 4 is 50.6 Å². The number of pyridine rings is 1. The lowest BCUT2D eigenvalue weighted by molar-refractivity contribution is -0.384. The van der Waals surface area contributed by atoms with Crippen LogP contribution in [0.2, 0.25) is 5.15 Å². The number of hydrogen-bond donors (Lipinski definition) is 2. The molecular formula is C12H8BrClN4O3. The molecule has 0 aliphatic heterocycles. The summed E-state index contributed by atoms with van der Waals surface area (Å²) >= 11 is 8.89. The predicted molar refractivity (Wildman–Crippen MR) is 82.4 cm³/mol. The second-order valence-electron chi connectivity index (χ2n) is 3.98. The van der Waals surface area contributed by atoms with Crippen LogP contribution in [-0.2, 0) is 0 Å². The third-order valence-electron chi connectivity index (χ3n) is 2.49. The Morgan fingerprint density at radius 3 is 2.67 bits per heavy atom. The summed E-state index contributed by atoms with van der Waals surface area (Å²) in [5.41, 5.74) is 6.05. The average molecular weight is 372 g/mol. The van der Waals surface area contributed by atoms with Crippen LogP contribution in [0.1, 0.15) is 10.4 Å². The molecule has 2 aromatic rings. The maximum Gasteiger partial charge on any atom is 0.270 e. The number of aromatic nitrogens is 1. The van der Waals surface area contributed by atoms with Crippen LogP contribution in [0.5, 0.6) is 0 Å². The number of amides is 1. The molecule has 0 radical (unpaired) electrons. The number of carbonyl (C=O) groups is 1. The lowest BCUT2D eigenvalue weighted by atomic mass is 10.2. The Labute approximate surface area is 132 Å². The number of nitrogens with zero attached hydrogens (tertiary/aromatic N) is 2. The van der Waals surface area contributed by atoms with Crippen molar-refractivity contribution < 1.29 is 9.72 Å². The van der Waals surface area contributed by atoms with Gasteiger partial charge in [0.15, 0.2) is 0 Å². The number of rotatable bonds is 3. The summed E-state index contributed by atoms with van der Waals surface area (Å²) in [6.07, 6.45) is 0. The Morgan fingerprint density at radius 1 is 1.38 bits per heavy atom. The topological polar surface area (TPSA) is 111 Å². The number of halogens is 2. The molecule has 0 spiro atoms. The molecule has 1 aromatic heterocycles. The number of anilines is 2. The van der Waals surface area contributed by atoms with Crippen LogP contribution >= 0.6 is 27.5 Å². The van der Waals surface area contributed by atoms with Crippen molar-refractivity contribution in [1.29, 1.82) is 0 Å². The standard InChI is InChI=1S/C12H8BrClN4O3/c13-8-5-7(18(20)21)1-2-9(8)16-12(19)6-3-10(14)17-11(15)4-6/h1-5H,(H2,15,17)(H,16,19). The number of carbonyl (C=O) groups excluding carboxylic acids is 1. The zero-order valence-electron chi connectivity index (χ0n) is 10.3. The lowest BCUT2D eigenvalue weighted by Crippen LogP contribution is -2.13. The van der Waals surface area contributed by atoms with Crippen LogP contribution in [0.3, 0.4) is 0 Å². The maximum absolute atomic E-state index is 12.1. The summed E-state index contributed by atoms with van der Waals surface area (Å²) in [5, 5.41) is 13.3. The van der Waals surface area contributed by atoms with E-state index in [2.05, 4.69) is 26.2 Å². The molecule has 0 aliphatic carbocycles. The minimum Gasteiger partial charge on any atom is -0.384 e. The quantitative estimate of drug-likeness (QED) is 0.489. The summed E-state index contributed by atoms with van der Waals surface area (Å²) < 4.78 is 0.387. The minimum atomic E-state index is -0.528. The van der Waals surface area contributed by atoms with Gasteiger partial charge in [-0.1, -0.05) is 11.6 Å². The minimum absolute atomic E-state index is 0.0870. The number of nitrogens with one attached hydrogen (secondary N) is 1. The third-order valence-corrected chi connectivity index (χ3v) is 3.34. The van der Waals surface area contributed by atoms with Gasteiger partial charge in [-0.15, -0.1) is 0 Å². The van der Waals surface area contributed by atoms with E-state index in [1.807, 2.05) is 0 Å². The Balaban J connectivity index is 2.25. The maximum atomic E-state index is 12.1. The van der Waals surface area contributed by atoms with Crippen molar-refractivity contribution in [3.8, 4) is 0 Å². The molecule has 0 bridgehead atoms. The van der Waals surface area contributed by atoms with Gasteiger partial charge in [0.1, 0.15) is 11.0 Å². The van der Waals surface area contributed by atoms with Gasteiger partial charge in [-0.05, 0) is 34.1 Å². The number of nitro benzene ring substituents is 1. The van der Waals surface area contributed by atoms with Crippen molar-refractivity contribution in [3.05, 3.63) is 55.6 Å². The lowest BCUT2D eigenvalue weighted by Gasteiger charge is -2.08. The summed E-state index contributed by atoms with van der Waals surface area (Å²) in [6.45, 7) is 0. The fourth-order valence-electron chi connectivity index (χ4n) is 1.56. The molecule has 1 aromatic carbocycles. The third kappa shape index (κ3) is 3.67. The molecule has 0 fully saturated rings. The first-order valence-electron chi connectivity index (χ1n) is 5.55. The van der Waals surface area contributed by atoms with Crippen LogP contribution in [0.15, 0.2) is 34.8 Å². The summed E-state index contributed by atoms with van der Waals surface area (Å²) in [5.74, 6) is -0.337. The molecule has 9 heteroatoms. The van der Waals surface area contributed by atoms with Gasteiger partial charge < -0.3 is 11.1 Å². The fraction of sp³-hybridized carbons (Fsp3) is 0. The number of nitro groups is 1. The molecule has 3 N–H and O–H groups in total. The number of non-ortho nitro benzene ring substituents is 1. The van der Waals surface area contributed by atoms with E-state index in [9.17, 15) is 14.9 Å². The highest BCUT2D eigenvalue weighted by Gasteiger charge is 2.13. The highest BCUT2D eigenvalue weighted by molar-refractivity contribution is 9.10. The Morgan fingerprint density at radius 2 is 2.10 bits per heavy atom. The molecule has 0 saturated heterocycles. The summed E-state index contributed by atoms with van der Waals surface area (Å²) in [6, 6.07) is 6.75. The molecule has 7 nitrogen and oxygen atoms in total. The van der Waals surface area contributed by atoms with E-state index in [-0.39, 0.29) is 22.2 Å². The molecule has 0 aliphatic rings. The molecule has 108 valence electrons. The first-order chi connectivity index (χ1) is 9.86. The molecule has 0 unspecified atom stereocenters. The summed E-state index contributed by atoms with van der Waals surface area (Å²) in [7, 11) is 0. The SMILES string of the molecule is Nc1cc(C(=O)Nc2ccc([N+](=O)[O-])cc2Br)cc(Cl)n1. The van der Waals surface area contributed by atoms with Crippen LogP contribution in [0.4, 0.5) is 17.2 Å². The number of benzene rings is 1. The van der Waals surface area contributed by atoms with E-state index in [1.165, 1.54) is 30.3 Å². The van der Waals surface area contributed by atoms with Crippen molar-refractivity contribution in [1.82, 2.24) is 4.98 Å². The monoisotopic (exact) mass is 370 g/mol. The molecule has 1 heterocycles. The van der Waals surface area contributed by atoms with Crippen LogP contribution in [0.25, 0.3) is 0 Å². The first-order valence-corrected chi connectivity index (χ1v) is 6.72. The highest BCUT2D eigenvalue weighted by atomic mass is 79.9. The number of nitrogen functional groups attached to an aromatic ring is 1. The fourth-order valence-corrected chi connectivity index (χ4v) is 2.24. The largest absolute Gasteiger partial charge is 0.384 e. The van der Waals surface area contributed by atoms with Crippen LogP contribution < -0.4 is 11.1 Å². The van der Waals surface area contributed by atoms with Gasteiger partial charge in [0.05, 0.1) is 10.6 Å². The molecule has 1 amide bonds. The number of nitrogens with two attached hydrogens (primary N) is 1. The van der Waals surface area contributed by atoms with E-state index < -0.39 is 10.8 Å². The van der Waals surface area contributed by atoms with E-state index in [0.717, 1.165) is 0 Å². The van der Waals surface area contributed by atoms with Crippen LogP contribution in [0, 0.1) is 10.1 Å². The zero-order valence-corrected chi connectivity index (χ0v) is 12.7. The van der Waals surface area contributed by atoms with Gasteiger partial charge in [0, 0.05) is 22.2 Å². The van der Waals surface area contributed by atoms with Crippen molar-refractivity contribution in [2.45, 2.75) is 0 Å². The van der Waals surface area contributed by atoms with Crippen molar-refractivity contribution in [2.75, 3.05) is 11.1 Å². The molecule has 21 heavy (non-hydrogen) atoms. The highest BCUT2D eigenvalue weighted by Crippen LogP contribution is 2.27. The first kappa shape index (κ1) is 15.2. The van der Waals surface area contributed by atoms with Gasteiger partial charge in [0.2, 0.25) is 0 Å². The Bertz CT molecular complexity index is 718. The Kier molecular flexibility index (Phi) is 4.39. The molecule has 0 saturated carbocycles. The van der Waals surface area contributed by atoms with Crippen LogP contribution in [-0.4, -0.2) is 15.8 Å². The second-order valence-corrected chi connectivity index (χ2v) is 5.22. The van der Waals surface area contributed by atoms with E-state index in [4.69, 9.17) is 17.3 Å². The van der Waals surface area contributed by atoms with E-state index in [1.54, 1.807) is 0 Å². The average Bonchev–Trinajstić information content (AvgIpc) is 2.39. The Hall–Kier alpha value is -2.19. The second kappa shape index (κ2) is 6.06. The van der Waals surface area contributed by atoms with Gasteiger partial charge in [-0.2, -0.15) is 0 Å². The zero-order chi connectivity index (χ0) is 15.6. The molecule has 2 rings (SSSR count). The van der Waals surface area contributed by atoms with Crippen molar-refractivity contribution in [3.63, 3.8) is 0 Å². The van der Waals surface area contributed by atoms with Gasteiger partial charge in [-0.3, -0.25) is 14.9 Å². The van der Waals surface area contributed by atoms with Gasteiger partial charge in [0.25, 0.3) is 11.6 Å².